The summed E-state index contributed by atoms with van der Waals surface area (Å²) in [5, 5.41) is 2.66. The quantitative estimate of drug-likeness (QED) is 0.734. The first kappa shape index (κ1) is 18.1. The summed E-state index contributed by atoms with van der Waals surface area (Å²) in [4.78, 5) is 11.9. The lowest BCUT2D eigenvalue weighted by atomic mass is 10.2. The molecule has 0 radical (unpaired) electrons. The van der Waals surface area contributed by atoms with Crippen molar-refractivity contribution in [3.05, 3.63) is 28.7 Å². The third-order valence-corrected chi connectivity index (χ3v) is 5.28. The van der Waals surface area contributed by atoms with Crippen LogP contribution in [0.5, 0.6) is 0 Å². The Morgan fingerprint density at radius 2 is 1.95 bits per heavy atom. The van der Waals surface area contributed by atoms with Crippen molar-refractivity contribution < 1.29 is 13.2 Å². The number of halogens is 1. The molecule has 0 saturated carbocycles. The monoisotopic (exact) mass is 377 g/mol. The van der Waals surface area contributed by atoms with Gasteiger partial charge < -0.3 is 11.1 Å². The van der Waals surface area contributed by atoms with Crippen LogP contribution in [0, 0.1) is 5.92 Å². The van der Waals surface area contributed by atoms with Crippen LogP contribution in [0.2, 0.25) is 0 Å². The van der Waals surface area contributed by atoms with E-state index in [-0.39, 0.29) is 23.3 Å². The second-order valence-electron chi connectivity index (χ2n) is 4.86. The Morgan fingerprint density at radius 3 is 2.48 bits per heavy atom. The van der Waals surface area contributed by atoms with Crippen molar-refractivity contribution in [2.24, 2.45) is 11.7 Å². The van der Waals surface area contributed by atoms with Gasteiger partial charge in [0.25, 0.3) is 0 Å². The van der Waals surface area contributed by atoms with Gasteiger partial charge in [-0.2, -0.15) is 4.31 Å². The highest BCUT2D eigenvalue weighted by Crippen LogP contribution is 2.17. The highest BCUT2D eigenvalue weighted by molar-refractivity contribution is 9.10. The Balaban J connectivity index is 2.67. The second-order valence-corrected chi connectivity index (χ2v) is 7.82. The van der Waals surface area contributed by atoms with Crippen LogP contribution in [0.15, 0.2) is 33.6 Å². The minimum atomic E-state index is -3.67. The number of sulfonamides is 1. The normalized spacial score (nSPS) is 13.2. The highest BCUT2D eigenvalue weighted by Gasteiger charge is 2.22. The molecule has 0 aromatic heterocycles. The van der Waals surface area contributed by atoms with Crippen LogP contribution in [-0.4, -0.2) is 45.3 Å². The maximum absolute atomic E-state index is 12.3. The van der Waals surface area contributed by atoms with E-state index < -0.39 is 10.0 Å². The highest BCUT2D eigenvalue weighted by atomic mass is 79.9. The molecular weight excluding hydrogens is 358 g/mol. The maximum Gasteiger partial charge on any atom is 0.243 e. The number of carbonyl (C=O) groups is 1. The van der Waals surface area contributed by atoms with Gasteiger partial charge in [0.05, 0.1) is 11.4 Å². The van der Waals surface area contributed by atoms with E-state index in [2.05, 4.69) is 21.2 Å². The molecule has 1 atom stereocenters. The van der Waals surface area contributed by atoms with Gasteiger partial charge in [0.15, 0.2) is 0 Å². The number of rotatable bonds is 7. The van der Waals surface area contributed by atoms with Crippen molar-refractivity contribution >= 4 is 31.9 Å². The zero-order chi connectivity index (χ0) is 16.0. The van der Waals surface area contributed by atoms with Crippen LogP contribution in [0.3, 0.4) is 0 Å². The first-order valence-corrected chi connectivity index (χ1v) is 8.69. The summed E-state index contributed by atoms with van der Waals surface area (Å²) in [5.74, 6) is -0.194. The van der Waals surface area contributed by atoms with Gasteiger partial charge in [0.1, 0.15) is 0 Å². The summed E-state index contributed by atoms with van der Waals surface area (Å²) in [6, 6.07) is 6.27. The maximum atomic E-state index is 12.3. The third-order valence-electron chi connectivity index (χ3n) is 2.94. The molecule has 0 aliphatic rings. The molecule has 0 aliphatic carbocycles. The summed E-state index contributed by atoms with van der Waals surface area (Å²) in [6.07, 6.45) is 0. The zero-order valence-corrected chi connectivity index (χ0v) is 14.4. The zero-order valence-electron chi connectivity index (χ0n) is 12.0. The van der Waals surface area contributed by atoms with E-state index >= 15 is 0 Å². The summed E-state index contributed by atoms with van der Waals surface area (Å²) < 4.78 is 26.4. The number of nitrogens with two attached hydrogens (primary N) is 1. The number of carbonyl (C=O) groups excluding carboxylic acids is 1. The molecule has 1 unspecified atom stereocenters. The van der Waals surface area contributed by atoms with Crippen molar-refractivity contribution in [1.29, 1.82) is 0 Å². The SMILES string of the molecule is CC(CN)CNC(=O)CN(C)S(=O)(=O)c1ccc(Br)cc1. The number of hydrogen-bond acceptors (Lipinski definition) is 4. The molecule has 0 fully saturated rings. The van der Waals surface area contributed by atoms with Crippen molar-refractivity contribution in [2.75, 3.05) is 26.7 Å². The number of hydrogen-bond donors (Lipinski definition) is 2. The van der Waals surface area contributed by atoms with Crippen molar-refractivity contribution in [3.63, 3.8) is 0 Å². The average molecular weight is 378 g/mol. The van der Waals surface area contributed by atoms with Crippen molar-refractivity contribution in [2.45, 2.75) is 11.8 Å². The smallest absolute Gasteiger partial charge is 0.243 e. The van der Waals surface area contributed by atoms with Crippen LogP contribution in [0.25, 0.3) is 0 Å². The first-order valence-electron chi connectivity index (χ1n) is 6.46. The molecule has 1 rings (SSSR count). The van der Waals surface area contributed by atoms with Crippen molar-refractivity contribution in [3.8, 4) is 0 Å². The van der Waals surface area contributed by atoms with Gasteiger partial charge in [0, 0.05) is 18.1 Å². The molecule has 0 bridgehead atoms. The fourth-order valence-corrected chi connectivity index (χ4v) is 2.89. The van der Waals surface area contributed by atoms with Gasteiger partial charge in [0.2, 0.25) is 15.9 Å². The first-order chi connectivity index (χ1) is 9.77. The molecule has 0 saturated heterocycles. The number of nitrogens with one attached hydrogen (secondary N) is 1. The summed E-state index contributed by atoms with van der Waals surface area (Å²) in [5.41, 5.74) is 5.46. The Hall–Kier alpha value is -0.960. The molecule has 1 aromatic rings. The molecule has 6 nitrogen and oxygen atoms in total. The topological polar surface area (TPSA) is 92.5 Å². The van der Waals surface area contributed by atoms with Gasteiger partial charge >= 0.3 is 0 Å². The molecule has 118 valence electrons. The molecule has 21 heavy (non-hydrogen) atoms. The lowest BCUT2D eigenvalue weighted by Gasteiger charge is -2.17. The Morgan fingerprint density at radius 1 is 1.38 bits per heavy atom. The molecule has 3 N–H and O–H groups in total. The molecule has 1 amide bonds. The Labute approximate surface area is 133 Å². The summed E-state index contributed by atoms with van der Waals surface area (Å²) in [7, 11) is -2.29. The fraction of sp³-hybridized carbons (Fsp3) is 0.462. The summed E-state index contributed by atoms with van der Waals surface area (Å²) in [6.45, 7) is 2.58. The van der Waals surface area contributed by atoms with Gasteiger partial charge in [-0.05, 0) is 36.7 Å². The van der Waals surface area contributed by atoms with Crippen LogP contribution in [0.1, 0.15) is 6.92 Å². The van der Waals surface area contributed by atoms with E-state index in [4.69, 9.17) is 5.73 Å². The molecule has 8 heteroatoms. The number of nitrogens with zero attached hydrogens (tertiary/aromatic N) is 1. The van der Waals surface area contributed by atoms with Crippen LogP contribution >= 0.6 is 15.9 Å². The predicted octanol–water partition coefficient (Wildman–Crippen LogP) is 0.781. The van der Waals surface area contributed by atoms with Crippen LogP contribution in [0.4, 0.5) is 0 Å². The molecule has 1 aromatic carbocycles. The van der Waals surface area contributed by atoms with Gasteiger partial charge in [-0.1, -0.05) is 22.9 Å². The standard InChI is InChI=1S/C13H20BrN3O3S/c1-10(7-15)8-16-13(18)9-17(2)21(19,20)12-5-3-11(14)4-6-12/h3-6,10H,7-9,15H2,1-2H3,(H,16,18). The molecule has 0 heterocycles. The Bertz CT molecular complexity index is 575. The minimum absolute atomic E-state index is 0.149. The van der Waals surface area contributed by atoms with E-state index in [9.17, 15) is 13.2 Å². The third kappa shape index (κ3) is 5.39. The number of amides is 1. The van der Waals surface area contributed by atoms with Gasteiger partial charge in [-0.25, -0.2) is 8.42 Å². The second kappa shape index (κ2) is 7.88. The number of likely N-dealkylation sites (N-methyl/N-ethyl adjacent to an activating group) is 1. The Kier molecular flexibility index (Phi) is 6.79. The fourth-order valence-electron chi connectivity index (χ4n) is 1.50. The lowest BCUT2D eigenvalue weighted by molar-refractivity contribution is -0.121. The molecule has 0 aliphatic heterocycles. The van der Waals surface area contributed by atoms with E-state index in [0.29, 0.717) is 13.1 Å². The van der Waals surface area contributed by atoms with Crippen molar-refractivity contribution in [1.82, 2.24) is 9.62 Å². The van der Waals surface area contributed by atoms with E-state index in [1.807, 2.05) is 6.92 Å². The predicted molar refractivity (Wildman–Crippen MR) is 85.2 cm³/mol. The van der Waals surface area contributed by atoms with E-state index in [1.54, 1.807) is 12.1 Å². The average Bonchev–Trinajstić information content (AvgIpc) is 2.45. The lowest BCUT2D eigenvalue weighted by Crippen LogP contribution is -2.40. The van der Waals surface area contributed by atoms with E-state index in [0.717, 1.165) is 8.78 Å². The van der Waals surface area contributed by atoms with Crippen LogP contribution < -0.4 is 11.1 Å². The summed E-state index contributed by atoms with van der Waals surface area (Å²) >= 11 is 3.25. The molecule has 0 spiro atoms. The molecular formula is C13H20BrN3O3S. The van der Waals surface area contributed by atoms with Crippen LogP contribution in [-0.2, 0) is 14.8 Å². The van der Waals surface area contributed by atoms with E-state index in [1.165, 1.54) is 19.2 Å². The van der Waals surface area contributed by atoms with Gasteiger partial charge in [-0.3, -0.25) is 4.79 Å². The minimum Gasteiger partial charge on any atom is -0.355 e. The van der Waals surface area contributed by atoms with Gasteiger partial charge in [-0.15, -0.1) is 0 Å². The largest absolute Gasteiger partial charge is 0.355 e. The number of benzene rings is 1.